The summed E-state index contributed by atoms with van der Waals surface area (Å²) in [4.78, 5) is 26.8. The second kappa shape index (κ2) is 9.37. The van der Waals surface area contributed by atoms with Crippen molar-refractivity contribution in [1.29, 1.82) is 0 Å². The van der Waals surface area contributed by atoms with Gasteiger partial charge < -0.3 is 20.1 Å². The second-order valence-electron chi connectivity index (χ2n) is 6.94. The SMILES string of the molecule is CC(Oc1ccc(Cl)cc1Cl)C(=O)N1CCC(C(=O)Nc2ccccc2O)CC1. The Hall–Kier alpha value is -2.44. The molecule has 1 unspecified atom stereocenters. The fourth-order valence-corrected chi connectivity index (χ4v) is 3.70. The van der Waals surface area contributed by atoms with Crippen LogP contribution in [0.3, 0.4) is 0 Å². The summed E-state index contributed by atoms with van der Waals surface area (Å²) in [6.45, 7) is 2.59. The van der Waals surface area contributed by atoms with Gasteiger partial charge in [-0.25, -0.2) is 0 Å². The number of nitrogens with zero attached hydrogens (tertiary/aromatic N) is 1. The van der Waals surface area contributed by atoms with Crippen molar-refractivity contribution in [3.63, 3.8) is 0 Å². The van der Waals surface area contributed by atoms with Crippen LogP contribution in [0.25, 0.3) is 0 Å². The molecule has 0 bridgehead atoms. The number of carbonyl (C=O) groups is 2. The van der Waals surface area contributed by atoms with Gasteiger partial charge in [-0.3, -0.25) is 9.59 Å². The lowest BCUT2D eigenvalue weighted by Gasteiger charge is -2.33. The molecule has 2 aromatic carbocycles. The van der Waals surface area contributed by atoms with Gasteiger partial charge in [-0.05, 0) is 50.1 Å². The highest BCUT2D eigenvalue weighted by Gasteiger charge is 2.30. The molecule has 3 rings (SSSR count). The predicted octanol–water partition coefficient (Wildman–Crippen LogP) is 4.34. The van der Waals surface area contributed by atoms with Crippen LogP contribution < -0.4 is 10.1 Å². The van der Waals surface area contributed by atoms with Gasteiger partial charge in [0.2, 0.25) is 5.91 Å². The van der Waals surface area contributed by atoms with Crippen molar-refractivity contribution in [2.75, 3.05) is 18.4 Å². The predicted molar refractivity (Wildman–Crippen MR) is 113 cm³/mol. The lowest BCUT2D eigenvalue weighted by molar-refractivity contribution is -0.140. The van der Waals surface area contributed by atoms with Gasteiger partial charge in [0, 0.05) is 24.0 Å². The third-order valence-corrected chi connectivity index (χ3v) is 5.42. The largest absolute Gasteiger partial charge is 0.506 e. The molecule has 1 aliphatic heterocycles. The summed E-state index contributed by atoms with van der Waals surface area (Å²) in [5.74, 6) is -0.110. The molecule has 1 saturated heterocycles. The number of benzene rings is 2. The minimum atomic E-state index is -0.708. The molecule has 1 heterocycles. The Labute approximate surface area is 179 Å². The Kier molecular flexibility index (Phi) is 6.87. The van der Waals surface area contributed by atoms with Crippen LogP contribution in [0.4, 0.5) is 5.69 Å². The molecule has 0 aliphatic carbocycles. The van der Waals surface area contributed by atoms with E-state index in [1.807, 2.05) is 0 Å². The van der Waals surface area contributed by atoms with Gasteiger partial charge in [0.25, 0.3) is 5.91 Å². The summed E-state index contributed by atoms with van der Waals surface area (Å²) in [5.41, 5.74) is 0.387. The number of hydrogen-bond donors (Lipinski definition) is 2. The summed E-state index contributed by atoms with van der Waals surface area (Å²) in [6, 6.07) is 11.4. The summed E-state index contributed by atoms with van der Waals surface area (Å²) in [5, 5.41) is 13.4. The number of amides is 2. The minimum Gasteiger partial charge on any atom is -0.506 e. The van der Waals surface area contributed by atoms with Crippen LogP contribution in [0.5, 0.6) is 11.5 Å². The summed E-state index contributed by atoms with van der Waals surface area (Å²) in [7, 11) is 0. The quantitative estimate of drug-likeness (QED) is 0.682. The molecule has 1 fully saturated rings. The summed E-state index contributed by atoms with van der Waals surface area (Å²) < 4.78 is 5.69. The number of hydrogen-bond acceptors (Lipinski definition) is 4. The van der Waals surface area contributed by atoms with Crippen molar-refractivity contribution >= 4 is 40.7 Å². The Bertz CT molecular complexity index is 898. The average molecular weight is 437 g/mol. The fraction of sp³-hybridized carbons (Fsp3) is 0.333. The number of halogens is 2. The maximum absolute atomic E-state index is 12.7. The highest BCUT2D eigenvalue weighted by molar-refractivity contribution is 6.35. The van der Waals surface area contributed by atoms with Crippen molar-refractivity contribution in [2.45, 2.75) is 25.9 Å². The van der Waals surface area contributed by atoms with Crippen molar-refractivity contribution in [2.24, 2.45) is 5.92 Å². The van der Waals surface area contributed by atoms with Gasteiger partial charge in [-0.1, -0.05) is 35.3 Å². The van der Waals surface area contributed by atoms with Gasteiger partial charge in [0.1, 0.15) is 11.5 Å². The van der Waals surface area contributed by atoms with E-state index in [1.54, 1.807) is 48.2 Å². The van der Waals surface area contributed by atoms with Gasteiger partial charge in [-0.15, -0.1) is 0 Å². The molecule has 1 atom stereocenters. The van der Waals surface area contributed by atoms with E-state index in [4.69, 9.17) is 27.9 Å². The maximum Gasteiger partial charge on any atom is 0.263 e. The molecular weight excluding hydrogens is 415 g/mol. The normalized spacial score (nSPS) is 15.6. The molecule has 154 valence electrons. The van der Waals surface area contributed by atoms with Gasteiger partial charge >= 0.3 is 0 Å². The maximum atomic E-state index is 12.7. The molecule has 1 aliphatic rings. The second-order valence-corrected chi connectivity index (χ2v) is 7.78. The molecule has 6 nitrogen and oxygen atoms in total. The van der Waals surface area contributed by atoms with Crippen LogP contribution in [-0.4, -0.2) is 41.0 Å². The monoisotopic (exact) mass is 436 g/mol. The van der Waals surface area contributed by atoms with Crippen LogP contribution >= 0.6 is 23.2 Å². The molecular formula is C21H22Cl2N2O4. The van der Waals surface area contributed by atoms with E-state index in [0.29, 0.717) is 47.4 Å². The number of carbonyl (C=O) groups excluding carboxylic acids is 2. The van der Waals surface area contributed by atoms with Crippen molar-refractivity contribution < 1.29 is 19.4 Å². The van der Waals surface area contributed by atoms with E-state index >= 15 is 0 Å². The number of ether oxygens (including phenoxy) is 1. The zero-order valence-corrected chi connectivity index (χ0v) is 17.4. The number of phenols is 1. The smallest absolute Gasteiger partial charge is 0.263 e. The molecule has 0 aromatic heterocycles. The van der Waals surface area contributed by atoms with Crippen molar-refractivity contribution in [3.8, 4) is 11.5 Å². The number of aromatic hydroxyl groups is 1. The molecule has 8 heteroatoms. The number of phenolic OH excluding ortho intramolecular Hbond substituents is 1. The summed E-state index contributed by atoms with van der Waals surface area (Å²) in [6.07, 6.45) is 0.374. The molecule has 2 aromatic rings. The van der Waals surface area contributed by atoms with E-state index in [9.17, 15) is 14.7 Å². The molecule has 2 N–H and O–H groups in total. The number of anilines is 1. The first-order valence-electron chi connectivity index (χ1n) is 9.34. The zero-order chi connectivity index (χ0) is 21.0. The number of para-hydroxylation sites is 2. The number of rotatable bonds is 5. The number of likely N-dealkylation sites (tertiary alicyclic amines) is 1. The first-order chi connectivity index (χ1) is 13.8. The molecule has 0 radical (unpaired) electrons. The lowest BCUT2D eigenvalue weighted by Crippen LogP contribution is -2.46. The van der Waals surface area contributed by atoms with Crippen molar-refractivity contribution in [1.82, 2.24) is 4.90 Å². The Morgan fingerprint density at radius 3 is 2.52 bits per heavy atom. The van der Waals surface area contributed by atoms with E-state index in [-0.39, 0.29) is 23.5 Å². The highest BCUT2D eigenvalue weighted by Crippen LogP contribution is 2.29. The third-order valence-electron chi connectivity index (χ3n) is 4.88. The standard InChI is InChI=1S/C21H22Cl2N2O4/c1-13(29-19-7-6-15(22)12-16(19)23)21(28)25-10-8-14(9-11-25)20(27)24-17-4-2-3-5-18(17)26/h2-7,12-14,26H,8-11H2,1H3,(H,24,27). The Morgan fingerprint density at radius 2 is 1.86 bits per heavy atom. The van der Waals surface area contributed by atoms with Crippen LogP contribution in [-0.2, 0) is 9.59 Å². The van der Waals surface area contributed by atoms with Crippen molar-refractivity contribution in [3.05, 3.63) is 52.5 Å². The van der Waals surface area contributed by atoms with Gasteiger partial charge in [0.15, 0.2) is 6.10 Å². The number of piperidine rings is 1. The highest BCUT2D eigenvalue weighted by atomic mass is 35.5. The third kappa shape index (κ3) is 5.34. The van der Waals surface area contributed by atoms with E-state index in [1.165, 1.54) is 6.07 Å². The molecule has 0 spiro atoms. The van der Waals surface area contributed by atoms with Gasteiger partial charge in [-0.2, -0.15) is 0 Å². The molecule has 0 saturated carbocycles. The van der Waals surface area contributed by atoms with Crippen LogP contribution in [0.1, 0.15) is 19.8 Å². The van der Waals surface area contributed by atoms with E-state index < -0.39 is 6.10 Å². The Balaban J connectivity index is 1.52. The van der Waals surface area contributed by atoms with Crippen LogP contribution in [0, 0.1) is 5.92 Å². The van der Waals surface area contributed by atoms with Gasteiger partial charge in [0.05, 0.1) is 10.7 Å². The van der Waals surface area contributed by atoms with Crippen LogP contribution in [0.2, 0.25) is 10.0 Å². The average Bonchev–Trinajstić information content (AvgIpc) is 2.71. The van der Waals surface area contributed by atoms with Crippen LogP contribution in [0.15, 0.2) is 42.5 Å². The summed E-state index contributed by atoms with van der Waals surface area (Å²) >= 11 is 12.0. The van der Waals surface area contributed by atoms with E-state index in [2.05, 4.69) is 5.32 Å². The number of nitrogens with one attached hydrogen (secondary N) is 1. The first-order valence-corrected chi connectivity index (χ1v) is 10.1. The topological polar surface area (TPSA) is 78.9 Å². The Morgan fingerprint density at radius 1 is 1.17 bits per heavy atom. The molecule has 2 amide bonds. The minimum absolute atomic E-state index is 0.0281. The van der Waals surface area contributed by atoms with E-state index in [0.717, 1.165) is 0 Å². The fourth-order valence-electron chi connectivity index (χ4n) is 3.24. The zero-order valence-electron chi connectivity index (χ0n) is 15.9. The first kappa shape index (κ1) is 21.3. The lowest BCUT2D eigenvalue weighted by atomic mass is 9.95. The molecule has 29 heavy (non-hydrogen) atoms.